The summed E-state index contributed by atoms with van der Waals surface area (Å²) in [5.74, 6) is 0.863. The molecule has 2 amide bonds. The van der Waals surface area contributed by atoms with Crippen molar-refractivity contribution in [3.8, 4) is 0 Å². The van der Waals surface area contributed by atoms with Crippen LogP contribution in [0.15, 0.2) is 23.6 Å². The maximum atomic E-state index is 12.4. The number of nitrogens with zero attached hydrogens (tertiary/aromatic N) is 4. The van der Waals surface area contributed by atoms with E-state index in [-0.39, 0.29) is 24.1 Å². The summed E-state index contributed by atoms with van der Waals surface area (Å²) in [6, 6.07) is 2.08. The molecular formula is C18H26N4O3S. The summed E-state index contributed by atoms with van der Waals surface area (Å²) in [6.45, 7) is 6.15. The zero-order valence-corrected chi connectivity index (χ0v) is 16.2. The molecule has 0 aromatic carbocycles. The second kappa shape index (κ2) is 8.70. The van der Waals surface area contributed by atoms with Crippen LogP contribution in [0.2, 0.25) is 0 Å². The predicted molar refractivity (Wildman–Crippen MR) is 98.8 cm³/mol. The highest BCUT2D eigenvalue weighted by Crippen LogP contribution is 2.29. The summed E-state index contributed by atoms with van der Waals surface area (Å²) in [6.07, 6.45) is 5.79. The number of rotatable bonds is 6. The van der Waals surface area contributed by atoms with E-state index in [0.717, 1.165) is 19.3 Å². The maximum absolute atomic E-state index is 12.4. The monoisotopic (exact) mass is 378 g/mol. The lowest BCUT2D eigenvalue weighted by Gasteiger charge is -2.39. The van der Waals surface area contributed by atoms with Gasteiger partial charge in [-0.1, -0.05) is 32.0 Å². The molecule has 3 heterocycles. The molecule has 0 saturated carbocycles. The minimum absolute atomic E-state index is 0.100. The fraction of sp³-hybridized carbons (Fsp3) is 0.667. The van der Waals surface area contributed by atoms with Crippen LogP contribution in [0.1, 0.15) is 33.1 Å². The van der Waals surface area contributed by atoms with Crippen molar-refractivity contribution in [2.75, 3.05) is 25.4 Å². The van der Waals surface area contributed by atoms with Gasteiger partial charge in [-0.3, -0.25) is 9.69 Å². The Morgan fingerprint density at radius 3 is 2.69 bits per heavy atom. The van der Waals surface area contributed by atoms with E-state index in [2.05, 4.69) is 23.8 Å². The van der Waals surface area contributed by atoms with Crippen LogP contribution in [0.4, 0.5) is 4.79 Å². The first kappa shape index (κ1) is 18.9. The molecule has 0 spiro atoms. The van der Waals surface area contributed by atoms with Gasteiger partial charge in [0.1, 0.15) is 6.61 Å². The average molecular weight is 378 g/mol. The van der Waals surface area contributed by atoms with Crippen molar-refractivity contribution in [1.82, 2.24) is 19.8 Å². The van der Waals surface area contributed by atoms with Crippen LogP contribution in [0.25, 0.3) is 0 Å². The van der Waals surface area contributed by atoms with Crippen molar-refractivity contribution < 1.29 is 14.3 Å². The Hall–Kier alpha value is -1.83. The van der Waals surface area contributed by atoms with Gasteiger partial charge in [-0.25, -0.2) is 14.8 Å². The molecule has 142 valence electrons. The molecule has 0 N–H and O–H groups in total. The number of thioether (sulfide) groups is 1. The van der Waals surface area contributed by atoms with Crippen molar-refractivity contribution in [3.05, 3.63) is 18.5 Å². The number of carbonyl (C=O) groups is 2. The number of cyclic esters (lactones) is 1. The Bertz CT molecular complexity index is 622. The Morgan fingerprint density at radius 1 is 1.35 bits per heavy atom. The zero-order valence-electron chi connectivity index (χ0n) is 15.3. The quantitative estimate of drug-likeness (QED) is 0.559. The van der Waals surface area contributed by atoms with Crippen LogP contribution >= 0.6 is 11.8 Å². The number of hydrogen-bond acceptors (Lipinski definition) is 6. The first-order valence-electron chi connectivity index (χ1n) is 9.22. The Morgan fingerprint density at radius 2 is 2.04 bits per heavy atom. The lowest BCUT2D eigenvalue weighted by molar-refractivity contribution is -0.129. The molecule has 2 saturated heterocycles. The SMILES string of the molecule is CCC(C)C1COC(=O)N1C1CCN(C(=O)CSc2ncccn2)CC1. The van der Waals surface area contributed by atoms with Gasteiger partial charge >= 0.3 is 6.09 Å². The molecule has 2 aliphatic rings. The van der Waals surface area contributed by atoms with E-state index < -0.39 is 0 Å². The summed E-state index contributed by atoms with van der Waals surface area (Å²) in [7, 11) is 0. The van der Waals surface area contributed by atoms with E-state index in [9.17, 15) is 9.59 Å². The van der Waals surface area contributed by atoms with E-state index in [1.165, 1.54) is 11.8 Å². The van der Waals surface area contributed by atoms with Gasteiger partial charge in [0.05, 0.1) is 11.8 Å². The lowest BCUT2D eigenvalue weighted by atomic mass is 9.95. The van der Waals surface area contributed by atoms with E-state index in [1.807, 2.05) is 9.80 Å². The van der Waals surface area contributed by atoms with Crippen LogP contribution < -0.4 is 0 Å². The highest BCUT2D eigenvalue weighted by molar-refractivity contribution is 7.99. The van der Waals surface area contributed by atoms with Crippen molar-refractivity contribution in [2.24, 2.45) is 5.92 Å². The zero-order chi connectivity index (χ0) is 18.5. The van der Waals surface area contributed by atoms with Gasteiger partial charge in [-0.2, -0.15) is 0 Å². The number of hydrogen-bond donors (Lipinski definition) is 0. The molecular weight excluding hydrogens is 352 g/mol. The minimum atomic E-state index is -0.197. The number of ether oxygens (including phenoxy) is 1. The molecule has 1 aromatic heterocycles. The van der Waals surface area contributed by atoms with Crippen molar-refractivity contribution >= 4 is 23.8 Å². The average Bonchev–Trinajstić information content (AvgIpc) is 3.08. The summed E-state index contributed by atoms with van der Waals surface area (Å²) < 4.78 is 5.31. The first-order chi connectivity index (χ1) is 12.6. The van der Waals surface area contributed by atoms with Crippen LogP contribution in [0.5, 0.6) is 0 Å². The summed E-state index contributed by atoms with van der Waals surface area (Å²) >= 11 is 1.36. The van der Waals surface area contributed by atoms with E-state index in [4.69, 9.17) is 4.74 Å². The fourth-order valence-corrected chi connectivity index (χ4v) is 4.25. The Kier molecular flexibility index (Phi) is 6.34. The molecule has 0 radical (unpaired) electrons. The number of likely N-dealkylation sites (tertiary alicyclic amines) is 1. The first-order valence-corrected chi connectivity index (χ1v) is 10.2. The molecule has 26 heavy (non-hydrogen) atoms. The molecule has 1 aromatic rings. The fourth-order valence-electron chi connectivity index (χ4n) is 3.55. The van der Waals surface area contributed by atoms with Crippen LogP contribution in [-0.4, -0.2) is 69.3 Å². The van der Waals surface area contributed by atoms with Gasteiger partial charge in [-0.05, 0) is 24.8 Å². The summed E-state index contributed by atoms with van der Waals surface area (Å²) in [4.78, 5) is 36.7. The maximum Gasteiger partial charge on any atom is 0.410 e. The van der Waals surface area contributed by atoms with Gasteiger partial charge < -0.3 is 9.64 Å². The van der Waals surface area contributed by atoms with Crippen molar-refractivity contribution in [3.63, 3.8) is 0 Å². The highest BCUT2D eigenvalue weighted by atomic mass is 32.2. The molecule has 2 fully saturated rings. The van der Waals surface area contributed by atoms with Crippen LogP contribution in [-0.2, 0) is 9.53 Å². The standard InChI is InChI=1S/C18H26N4O3S/c1-3-13(2)15-11-25-18(24)22(15)14-5-9-21(10-6-14)16(23)12-26-17-19-7-4-8-20-17/h4,7-8,13-15H,3,5-6,9-12H2,1-2H3. The molecule has 2 atom stereocenters. The third-order valence-corrected chi connectivity index (χ3v) is 6.18. The molecule has 2 aliphatic heterocycles. The highest BCUT2D eigenvalue weighted by Gasteiger charge is 2.41. The second-order valence-corrected chi connectivity index (χ2v) is 7.81. The smallest absolute Gasteiger partial charge is 0.410 e. The lowest BCUT2D eigenvalue weighted by Crippen LogP contribution is -2.51. The van der Waals surface area contributed by atoms with Gasteiger partial charge in [0, 0.05) is 31.5 Å². The van der Waals surface area contributed by atoms with Crippen molar-refractivity contribution in [1.29, 1.82) is 0 Å². The largest absolute Gasteiger partial charge is 0.447 e. The van der Waals surface area contributed by atoms with E-state index in [0.29, 0.717) is 36.5 Å². The van der Waals surface area contributed by atoms with Gasteiger partial charge in [0.15, 0.2) is 5.16 Å². The number of piperidine rings is 1. The minimum Gasteiger partial charge on any atom is -0.447 e. The van der Waals surface area contributed by atoms with Gasteiger partial charge in [0.2, 0.25) is 5.91 Å². The second-order valence-electron chi connectivity index (χ2n) is 6.87. The molecule has 0 bridgehead atoms. The van der Waals surface area contributed by atoms with Crippen LogP contribution in [0.3, 0.4) is 0 Å². The third-order valence-electron chi connectivity index (χ3n) is 5.32. The number of aromatic nitrogens is 2. The molecule has 0 aliphatic carbocycles. The molecule has 8 heteroatoms. The van der Waals surface area contributed by atoms with Gasteiger partial charge in [-0.15, -0.1) is 0 Å². The number of amides is 2. The van der Waals surface area contributed by atoms with Gasteiger partial charge in [0.25, 0.3) is 0 Å². The molecule has 7 nitrogen and oxygen atoms in total. The Balaban J connectivity index is 1.50. The third kappa shape index (κ3) is 4.28. The van der Waals surface area contributed by atoms with E-state index in [1.54, 1.807) is 18.5 Å². The summed E-state index contributed by atoms with van der Waals surface area (Å²) in [5.41, 5.74) is 0. The molecule has 2 unspecified atom stereocenters. The Labute approximate surface area is 158 Å². The van der Waals surface area contributed by atoms with Crippen LogP contribution in [0, 0.1) is 5.92 Å². The number of carbonyl (C=O) groups excluding carboxylic acids is 2. The van der Waals surface area contributed by atoms with E-state index >= 15 is 0 Å². The summed E-state index contributed by atoms with van der Waals surface area (Å²) in [5, 5.41) is 0.618. The topological polar surface area (TPSA) is 75.6 Å². The normalized spacial score (nSPS) is 22.4. The predicted octanol–water partition coefficient (Wildman–Crippen LogP) is 2.43. The molecule has 3 rings (SSSR count). The van der Waals surface area contributed by atoms with Crippen molar-refractivity contribution in [2.45, 2.75) is 50.4 Å².